The molecule has 2 rings (SSSR count). The van der Waals surface area contributed by atoms with Crippen LogP contribution in [-0.4, -0.2) is 10.2 Å². The van der Waals surface area contributed by atoms with Crippen LogP contribution in [-0.2, 0) is 4.87 Å². The van der Waals surface area contributed by atoms with E-state index in [1.165, 1.54) is 0 Å². The van der Waals surface area contributed by atoms with Gasteiger partial charge in [0.2, 0.25) is 11.8 Å². The van der Waals surface area contributed by atoms with Gasteiger partial charge in [-0.2, -0.15) is 0 Å². The standard InChI is InChI=1S/C6H7ClN2O/c1-4-8-9-5(10-4)6(7)2-3-6/h2-3H2,1H3. The molecule has 10 heavy (non-hydrogen) atoms. The highest BCUT2D eigenvalue weighted by Gasteiger charge is 2.47. The quantitative estimate of drug-likeness (QED) is 0.583. The van der Waals surface area contributed by atoms with E-state index in [0.29, 0.717) is 11.8 Å². The Hall–Kier alpha value is -0.570. The molecule has 0 spiro atoms. The minimum absolute atomic E-state index is 0.304. The van der Waals surface area contributed by atoms with Gasteiger partial charge in [-0.25, -0.2) is 0 Å². The molecule has 0 atom stereocenters. The Balaban J connectivity index is 2.34. The van der Waals surface area contributed by atoms with Gasteiger partial charge in [-0.3, -0.25) is 0 Å². The summed E-state index contributed by atoms with van der Waals surface area (Å²) >= 11 is 5.99. The van der Waals surface area contributed by atoms with E-state index in [-0.39, 0.29) is 4.87 Å². The van der Waals surface area contributed by atoms with E-state index >= 15 is 0 Å². The molecule has 0 aliphatic heterocycles. The van der Waals surface area contributed by atoms with Gasteiger partial charge < -0.3 is 4.42 Å². The van der Waals surface area contributed by atoms with Gasteiger partial charge in [0.25, 0.3) is 0 Å². The second kappa shape index (κ2) is 1.72. The van der Waals surface area contributed by atoms with Crippen molar-refractivity contribution in [3.05, 3.63) is 11.8 Å². The number of nitrogens with zero attached hydrogens (tertiary/aromatic N) is 2. The number of halogens is 1. The van der Waals surface area contributed by atoms with Crippen molar-refractivity contribution in [3.63, 3.8) is 0 Å². The summed E-state index contributed by atoms with van der Waals surface area (Å²) in [5, 5.41) is 7.52. The second-order valence-corrected chi connectivity index (χ2v) is 3.32. The molecule has 0 saturated heterocycles. The summed E-state index contributed by atoms with van der Waals surface area (Å²) in [6.07, 6.45) is 1.91. The van der Waals surface area contributed by atoms with Crippen LogP contribution in [0.4, 0.5) is 0 Å². The van der Waals surface area contributed by atoms with Gasteiger partial charge in [0.15, 0.2) is 0 Å². The van der Waals surface area contributed by atoms with E-state index < -0.39 is 0 Å². The van der Waals surface area contributed by atoms with Crippen LogP contribution in [0, 0.1) is 6.92 Å². The zero-order chi connectivity index (χ0) is 7.19. The van der Waals surface area contributed by atoms with E-state index in [1.54, 1.807) is 6.92 Å². The Morgan fingerprint density at radius 2 is 2.20 bits per heavy atom. The van der Waals surface area contributed by atoms with Crippen molar-refractivity contribution in [3.8, 4) is 0 Å². The number of rotatable bonds is 1. The number of aryl methyl sites for hydroxylation is 1. The summed E-state index contributed by atoms with van der Waals surface area (Å²) < 4.78 is 5.16. The topological polar surface area (TPSA) is 38.9 Å². The lowest BCUT2D eigenvalue weighted by molar-refractivity contribution is 0.458. The Kier molecular flexibility index (Phi) is 1.06. The van der Waals surface area contributed by atoms with E-state index in [1.807, 2.05) is 0 Å². The predicted molar refractivity (Wildman–Crippen MR) is 35.8 cm³/mol. The number of hydrogen-bond acceptors (Lipinski definition) is 3. The van der Waals surface area contributed by atoms with Crippen molar-refractivity contribution in [1.29, 1.82) is 0 Å². The summed E-state index contributed by atoms with van der Waals surface area (Å²) in [4.78, 5) is -0.304. The number of aromatic nitrogens is 2. The number of hydrogen-bond donors (Lipinski definition) is 0. The minimum Gasteiger partial charge on any atom is -0.424 e. The normalized spacial score (nSPS) is 21.0. The molecule has 0 N–H and O–H groups in total. The van der Waals surface area contributed by atoms with Gasteiger partial charge in [-0.05, 0) is 12.8 Å². The highest BCUT2D eigenvalue weighted by atomic mass is 35.5. The van der Waals surface area contributed by atoms with Crippen molar-refractivity contribution in [2.24, 2.45) is 0 Å². The highest BCUT2D eigenvalue weighted by Crippen LogP contribution is 2.51. The maximum Gasteiger partial charge on any atom is 0.237 e. The first-order chi connectivity index (χ1) is 4.71. The highest BCUT2D eigenvalue weighted by molar-refractivity contribution is 6.25. The third-order valence-corrected chi connectivity index (χ3v) is 2.14. The van der Waals surface area contributed by atoms with Gasteiger partial charge in [0, 0.05) is 6.92 Å². The van der Waals surface area contributed by atoms with Crippen molar-refractivity contribution in [1.82, 2.24) is 10.2 Å². The van der Waals surface area contributed by atoms with Gasteiger partial charge >= 0.3 is 0 Å². The largest absolute Gasteiger partial charge is 0.424 e. The Morgan fingerprint density at radius 1 is 1.50 bits per heavy atom. The van der Waals surface area contributed by atoms with Gasteiger partial charge in [0.1, 0.15) is 4.87 Å². The molecule has 3 nitrogen and oxygen atoms in total. The third-order valence-electron chi connectivity index (χ3n) is 1.60. The summed E-state index contributed by atoms with van der Waals surface area (Å²) in [5.74, 6) is 1.16. The molecule has 54 valence electrons. The lowest BCUT2D eigenvalue weighted by Crippen LogP contribution is -1.95. The predicted octanol–water partition coefficient (Wildman–Crippen LogP) is 1.61. The fourth-order valence-electron chi connectivity index (χ4n) is 0.801. The molecule has 1 fully saturated rings. The lowest BCUT2D eigenvalue weighted by Gasteiger charge is -1.94. The van der Waals surface area contributed by atoms with Gasteiger partial charge in [-0.15, -0.1) is 21.8 Å². The zero-order valence-electron chi connectivity index (χ0n) is 5.59. The van der Waals surface area contributed by atoms with Gasteiger partial charge in [0.05, 0.1) is 0 Å². The molecule has 0 aromatic carbocycles. The van der Waals surface area contributed by atoms with E-state index in [9.17, 15) is 0 Å². The van der Waals surface area contributed by atoms with Crippen LogP contribution in [0.25, 0.3) is 0 Å². The smallest absolute Gasteiger partial charge is 0.237 e. The minimum atomic E-state index is -0.304. The van der Waals surface area contributed by atoms with Crippen LogP contribution in [0.3, 0.4) is 0 Å². The fraction of sp³-hybridized carbons (Fsp3) is 0.667. The average Bonchev–Trinajstić information content (AvgIpc) is 2.45. The molecule has 4 heteroatoms. The molecule has 0 unspecified atom stereocenters. The maximum atomic E-state index is 5.99. The zero-order valence-corrected chi connectivity index (χ0v) is 6.35. The van der Waals surface area contributed by atoms with E-state index in [0.717, 1.165) is 12.8 Å². The van der Waals surface area contributed by atoms with Crippen LogP contribution in [0.5, 0.6) is 0 Å². The van der Waals surface area contributed by atoms with Crippen molar-refractivity contribution in [2.75, 3.05) is 0 Å². The van der Waals surface area contributed by atoms with Crippen molar-refractivity contribution in [2.45, 2.75) is 24.6 Å². The molecular formula is C6H7ClN2O. The Labute approximate surface area is 63.4 Å². The molecule has 0 amide bonds. The van der Waals surface area contributed by atoms with Crippen molar-refractivity contribution >= 4 is 11.6 Å². The SMILES string of the molecule is Cc1nnc(C2(Cl)CC2)o1. The van der Waals surface area contributed by atoms with Crippen LogP contribution in [0.1, 0.15) is 24.6 Å². The van der Waals surface area contributed by atoms with Crippen LogP contribution >= 0.6 is 11.6 Å². The van der Waals surface area contributed by atoms with Gasteiger partial charge in [-0.1, -0.05) is 0 Å². The summed E-state index contributed by atoms with van der Waals surface area (Å²) in [7, 11) is 0. The Morgan fingerprint density at radius 3 is 2.60 bits per heavy atom. The van der Waals surface area contributed by atoms with Crippen LogP contribution in [0.2, 0.25) is 0 Å². The lowest BCUT2D eigenvalue weighted by atomic mass is 10.4. The molecule has 1 aromatic rings. The van der Waals surface area contributed by atoms with Crippen LogP contribution in [0.15, 0.2) is 4.42 Å². The average molecular weight is 159 g/mol. The molecule has 1 aliphatic rings. The fourth-order valence-corrected chi connectivity index (χ4v) is 0.972. The molecular weight excluding hydrogens is 152 g/mol. The van der Waals surface area contributed by atoms with Crippen molar-refractivity contribution < 1.29 is 4.42 Å². The van der Waals surface area contributed by atoms with E-state index in [2.05, 4.69) is 10.2 Å². The van der Waals surface area contributed by atoms with Crippen LogP contribution < -0.4 is 0 Å². The monoisotopic (exact) mass is 158 g/mol. The van der Waals surface area contributed by atoms with E-state index in [4.69, 9.17) is 16.0 Å². The number of alkyl halides is 1. The molecule has 0 bridgehead atoms. The first kappa shape index (κ1) is 6.16. The third kappa shape index (κ3) is 0.814. The molecule has 1 heterocycles. The Bertz CT molecular complexity index is 254. The summed E-state index contributed by atoms with van der Waals surface area (Å²) in [6, 6.07) is 0. The molecule has 1 saturated carbocycles. The first-order valence-corrected chi connectivity index (χ1v) is 3.58. The second-order valence-electron chi connectivity index (χ2n) is 2.59. The molecule has 0 radical (unpaired) electrons. The molecule has 1 aromatic heterocycles. The first-order valence-electron chi connectivity index (χ1n) is 3.20. The molecule has 1 aliphatic carbocycles. The summed E-state index contributed by atoms with van der Waals surface area (Å²) in [6.45, 7) is 1.76. The maximum absolute atomic E-state index is 5.99. The summed E-state index contributed by atoms with van der Waals surface area (Å²) in [5.41, 5.74) is 0.